The van der Waals surface area contributed by atoms with Crippen molar-refractivity contribution < 1.29 is 23.2 Å². The molecule has 2 N–H and O–H groups in total. The van der Waals surface area contributed by atoms with Crippen molar-refractivity contribution >= 4 is 7.82 Å². The van der Waals surface area contributed by atoms with Gasteiger partial charge >= 0.3 is 13.5 Å². The maximum atomic E-state index is 11.8. The third-order valence-corrected chi connectivity index (χ3v) is 4.51. The predicted molar refractivity (Wildman–Crippen MR) is 81.0 cm³/mol. The van der Waals surface area contributed by atoms with Gasteiger partial charge in [-0.2, -0.15) is 0 Å². The number of phosphoric ester groups is 1. The van der Waals surface area contributed by atoms with Crippen LogP contribution in [0.4, 0.5) is 0 Å². The van der Waals surface area contributed by atoms with Gasteiger partial charge in [-0.15, -0.1) is 0 Å². The lowest BCUT2D eigenvalue weighted by Gasteiger charge is -2.19. The summed E-state index contributed by atoms with van der Waals surface area (Å²) in [6.07, 6.45) is 0.436. The van der Waals surface area contributed by atoms with Crippen LogP contribution in [0, 0.1) is 5.92 Å². The third-order valence-electron chi connectivity index (χ3n) is 3.35. The van der Waals surface area contributed by atoms with Crippen LogP contribution in [-0.4, -0.2) is 33.3 Å². The molecule has 1 fully saturated rings. The molecule has 0 amide bonds. The molecule has 2 heterocycles. The maximum absolute atomic E-state index is 11.8. The van der Waals surface area contributed by atoms with E-state index < -0.39 is 37.5 Å². The fraction of sp³-hybridized carbons (Fsp3) is 0.692. The summed E-state index contributed by atoms with van der Waals surface area (Å²) in [5.41, 5.74) is -1.05. The monoisotopic (exact) mass is 348 g/mol. The Morgan fingerprint density at radius 2 is 2.22 bits per heavy atom. The highest BCUT2D eigenvalue weighted by molar-refractivity contribution is 7.47. The molecule has 130 valence electrons. The smallest absolute Gasteiger partial charge is 0.352 e. The molecule has 1 aromatic rings. The molecule has 23 heavy (non-hydrogen) atoms. The van der Waals surface area contributed by atoms with Gasteiger partial charge in [0.05, 0.1) is 18.8 Å². The van der Waals surface area contributed by atoms with Crippen LogP contribution in [0.25, 0.3) is 0 Å². The van der Waals surface area contributed by atoms with E-state index >= 15 is 0 Å². The Kier molecular flexibility index (Phi) is 5.59. The average molecular weight is 348 g/mol. The standard InChI is InChI=1S/C13H21N2O7P/c1-8(2)22-23(18,19)20-7-10-6-9(3)12(21-10)15-5-4-11(16)14-13(15)17/h4-5,8-10,12H,6-7H2,1-3H3,(H,18,19)(H,14,16,17). The molecular formula is C13H21N2O7P. The summed E-state index contributed by atoms with van der Waals surface area (Å²) in [5.74, 6) is -0.0312. The van der Waals surface area contributed by atoms with Crippen molar-refractivity contribution in [3.63, 3.8) is 0 Å². The number of ether oxygens (including phenoxy) is 1. The zero-order chi connectivity index (χ0) is 17.2. The minimum absolute atomic E-state index is 0.0312. The van der Waals surface area contributed by atoms with Crippen LogP contribution in [-0.2, 0) is 18.3 Å². The number of H-pyrrole nitrogens is 1. The van der Waals surface area contributed by atoms with E-state index in [1.54, 1.807) is 13.8 Å². The number of phosphoric acid groups is 1. The number of hydrogen-bond acceptors (Lipinski definition) is 6. The van der Waals surface area contributed by atoms with Gasteiger partial charge < -0.3 is 9.63 Å². The second kappa shape index (κ2) is 7.11. The molecule has 2 rings (SSSR count). The summed E-state index contributed by atoms with van der Waals surface area (Å²) in [6.45, 7) is 5.00. The van der Waals surface area contributed by atoms with E-state index in [0.29, 0.717) is 6.42 Å². The molecular weight excluding hydrogens is 327 g/mol. The first-order chi connectivity index (χ1) is 10.7. The summed E-state index contributed by atoms with van der Waals surface area (Å²) in [4.78, 5) is 34.6. The Balaban J connectivity index is 2.00. The van der Waals surface area contributed by atoms with Gasteiger partial charge in [-0.3, -0.25) is 23.4 Å². The first-order valence-electron chi connectivity index (χ1n) is 7.30. The molecule has 0 aliphatic carbocycles. The lowest BCUT2D eigenvalue weighted by molar-refractivity contribution is -0.0355. The molecule has 0 spiro atoms. The van der Waals surface area contributed by atoms with E-state index in [4.69, 9.17) is 13.8 Å². The van der Waals surface area contributed by atoms with E-state index in [0.717, 1.165) is 0 Å². The number of aromatic amines is 1. The van der Waals surface area contributed by atoms with Crippen LogP contribution in [0.15, 0.2) is 21.9 Å². The zero-order valence-electron chi connectivity index (χ0n) is 13.2. The van der Waals surface area contributed by atoms with Gasteiger partial charge in [0.1, 0.15) is 6.23 Å². The summed E-state index contributed by atoms with van der Waals surface area (Å²) >= 11 is 0. The van der Waals surface area contributed by atoms with Crippen molar-refractivity contribution in [1.29, 1.82) is 0 Å². The van der Waals surface area contributed by atoms with Crippen molar-refractivity contribution in [2.24, 2.45) is 5.92 Å². The number of aromatic nitrogens is 2. The van der Waals surface area contributed by atoms with Gasteiger partial charge in [0.2, 0.25) is 0 Å². The summed E-state index contributed by atoms with van der Waals surface area (Å²) in [7, 11) is -4.12. The number of hydrogen-bond donors (Lipinski definition) is 2. The van der Waals surface area contributed by atoms with Crippen LogP contribution >= 0.6 is 7.82 Å². The first kappa shape index (κ1) is 18.1. The highest BCUT2D eigenvalue weighted by Gasteiger charge is 2.36. The van der Waals surface area contributed by atoms with Gasteiger partial charge in [0.25, 0.3) is 5.56 Å². The molecule has 0 radical (unpaired) electrons. The second-order valence-electron chi connectivity index (χ2n) is 5.80. The molecule has 1 aliphatic rings. The molecule has 0 bridgehead atoms. The minimum Gasteiger partial charge on any atom is -0.352 e. The van der Waals surface area contributed by atoms with Crippen molar-refractivity contribution in [3.8, 4) is 0 Å². The SMILES string of the molecule is CC(C)OP(=O)(O)OCC1CC(C)C(n2ccc(=O)[nH]c2=O)O1. The molecule has 0 aromatic carbocycles. The molecule has 1 aromatic heterocycles. The Bertz CT molecular complexity index is 698. The quantitative estimate of drug-likeness (QED) is 0.736. The van der Waals surface area contributed by atoms with E-state index in [1.165, 1.54) is 16.8 Å². The minimum atomic E-state index is -4.12. The molecule has 1 saturated heterocycles. The molecule has 4 atom stereocenters. The summed E-state index contributed by atoms with van der Waals surface area (Å²) in [6, 6.07) is 1.24. The second-order valence-corrected chi connectivity index (χ2v) is 7.20. The fourth-order valence-corrected chi connectivity index (χ4v) is 3.42. The van der Waals surface area contributed by atoms with Gasteiger partial charge in [0.15, 0.2) is 0 Å². The van der Waals surface area contributed by atoms with Gasteiger partial charge in [-0.05, 0) is 20.3 Å². The Morgan fingerprint density at radius 1 is 1.52 bits per heavy atom. The van der Waals surface area contributed by atoms with Crippen molar-refractivity contribution in [1.82, 2.24) is 9.55 Å². The highest BCUT2D eigenvalue weighted by atomic mass is 31.2. The molecule has 0 saturated carbocycles. The summed E-state index contributed by atoms with van der Waals surface area (Å²) < 4.78 is 28.4. The van der Waals surface area contributed by atoms with Gasteiger partial charge in [-0.1, -0.05) is 6.92 Å². The van der Waals surface area contributed by atoms with E-state index in [1.807, 2.05) is 6.92 Å². The van der Waals surface area contributed by atoms with Crippen molar-refractivity contribution in [2.75, 3.05) is 6.61 Å². The predicted octanol–water partition coefficient (Wildman–Crippen LogP) is 1.00. The van der Waals surface area contributed by atoms with E-state index in [-0.39, 0.29) is 12.5 Å². The van der Waals surface area contributed by atoms with Crippen molar-refractivity contribution in [2.45, 2.75) is 45.6 Å². The average Bonchev–Trinajstić information content (AvgIpc) is 2.76. The first-order valence-corrected chi connectivity index (χ1v) is 8.80. The Morgan fingerprint density at radius 3 is 2.83 bits per heavy atom. The molecule has 9 nitrogen and oxygen atoms in total. The topological polar surface area (TPSA) is 120 Å². The number of rotatable bonds is 6. The number of nitrogens with one attached hydrogen (secondary N) is 1. The fourth-order valence-electron chi connectivity index (χ4n) is 2.47. The molecule has 1 aliphatic heterocycles. The van der Waals surface area contributed by atoms with Crippen LogP contribution in [0.2, 0.25) is 0 Å². The number of nitrogens with zero attached hydrogens (tertiary/aromatic N) is 1. The third kappa shape index (κ3) is 4.86. The highest BCUT2D eigenvalue weighted by Crippen LogP contribution is 2.45. The Hall–Kier alpha value is -1.25. The van der Waals surface area contributed by atoms with Gasteiger partial charge in [-0.25, -0.2) is 9.36 Å². The van der Waals surface area contributed by atoms with Gasteiger partial charge in [0, 0.05) is 18.2 Å². The molecule has 10 heteroatoms. The molecule has 4 unspecified atom stereocenters. The summed E-state index contributed by atoms with van der Waals surface area (Å²) in [5, 5.41) is 0. The zero-order valence-corrected chi connectivity index (χ0v) is 14.1. The Labute approximate surface area is 132 Å². The van der Waals surface area contributed by atoms with Crippen LogP contribution < -0.4 is 11.2 Å². The normalized spacial score (nSPS) is 27.3. The van der Waals surface area contributed by atoms with Crippen LogP contribution in [0.3, 0.4) is 0 Å². The lowest BCUT2D eigenvalue weighted by atomic mass is 10.1. The van der Waals surface area contributed by atoms with E-state index in [9.17, 15) is 19.0 Å². The van der Waals surface area contributed by atoms with Crippen LogP contribution in [0.1, 0.15) is 33.4 Å². The van der Waals surface area contributed by atoms with E-state index in [2.05, 4.69) is 4.98 Å². The van der Waals surface area contributed by atoms with Crippen molar-refractivity contribution in [3.05, 3.63) is 33.1 Å². The van der Waals surface area contributed by atoms with Crippen LogP contribution in [0.5, 0.6) is 0 Å². The largest absolute Gasteiger partial charge is 0.472 e. The maximum Gasteiger partial charge on any atom is 0.472 e. The lowest BCUT2D eigenvalue weighted by Crippen LogP contribution is -2.33.